The number of rotatable bonds is 7. The van der Waals surface area contributed by atoms with Crippen LogP contribution in [0.1, 0.15) is 19.8 Å². The molecular formula is C15H20ClNO3. The number of halogens is 1. The average Bonchev–Trinajstić information content (AvgIpc) is 3.23. The van der Waals surface area contributed by atoms with Crippen LogP contribution >= 0.6 is 11.6 Å². The van der Waals surface area contributed by atoms with Gasteiger partial charge in [-0.25, -0.2) is 4.79 Å². The van der Waals surface area contributed by atoms with Gasteiger partial charge in [-0.05, 0) is 43.9 Å². The van der Waals surface area contributed by atoms with Crippen molar-refractivity contribution in [3.63, 3.8) is 0 Å². The third kappa shape index (κ3) is 3.25. The van der Waals surface area contributed by atoms with E-state index < -0.39 is 5.54 Å². The van der Waals surface area contributed by atoms with E-state index in [1.807, 2.05) is 19.1 Å². The van der Waals surface area contributed by atoms with Crippen LogP contribution in [0.25, 0.3) is 0 Å². The summed E-state index contributed by atoms with van der Waals surface area (Å²) in [6.45, 7) is 2.44. The second-order valence-corrected chi connectivity index (χ2v) is 5.47. The normalized spacial score (nSPS) is 17.4. The summed E-state index contributed by atoms with van der Waals surface area (Å²) in [5.41, 5.74) is -0.0235. The van der Waals surface area contributed by atoms with E-state index in [4.69, 9.17) is 21.1 Å². The summed E-state index contributed by atoms with van der Waals surface area (Å²) in [4.78, 5) is 12.4. The molecule has 0 radical (unpaired) electrons. The molecule has 0 saturated heterocycles. The topological polar surface area (TPSA) is 47.6 Å². The van der Waals surface area contributed by atoms with Crippen molar-refractivity contribution in [1.82, 2.24) is 0 Å². The van der Waals surface area contributed by atoms with Crippen LogP contribution in [0.15, 0.2) is 24.3 Å². The molecule has 1 aliphatic carbocycles. The first-order valence-corrected chi connectivity index (χ1v) is 7.20. The molecule has 0 aromatic heterocycles. The van der Waals surface area contributed by atoms with E-state index in [1.54, 1.807) is 19.2 Å². The second-order valence-electron chi connectivity index (χ2n) is 5.03. The number of ether oxygens (including phenoxy) is 2. The lowest BCUT2D eigenvalue weighted by Crippen LogP contribution is -2.53. The minimum Gasteiger partial charge on any atom is -0.464 e. The van der Waals surface area contributed by atoms with Crippen LogP contribution in [-0.4, -0.2) is 31.8 Å². The SMILES string of the molecule is CCOC(=O)C(COC)(Nc1cccc(Cl)c1)C1CC1. The van der Waals surface area contributed by atoms with Gasteiger partial charge in [0.2, 0.25) is 0 Å². The molecule has 1 aliphatic rings. The summed E-state index contributed by atoms with van der Waals surface area (Å²) in [6, 6.07) is 7.33. The molecule has 1 saturated carbocycles. The van der Waals surface area contributed by atoms with Crippen molar-refractivity contribution in [3.05, 3.63) is 29.3 Å². The molecule has 1 atom stereocenters. The molecule has 0 spiro atoms. The van der Waals surface area contributed by atoms with Crippen molar-refractivity contribution in [3.8, 4) is 0 Å². The molecule has 1 aromatic carbocycles. The van der Waals surface area contributed by atoms with Gasteiger partial charge < -0.3 is 14.8 Å². The Balaban J connectivity index is 2.27. The lowest BCUT2D eigenvalue weighted by Gasteiger charge is -2.33. The second kappa shape index (κ2) is 6.46. The fourth-order valence-corrected chi connectivity index (χ4v) is 2.61. The quantitative estimate of drug-likeness (QED) is 0.786. The molecule has 0 amide bonds. The minimum atomic E-state index is -0.824. The molecular weight excluding hydrogens is 278 g/mol. The number of methoxy groups -OCH3 is 1. The zero-order valence-electron chi connectivity index (χ0n) is 11.8. The van der Waals surface area contributed by atoms with Crippen molar-refractivity contribution >= 4 is 23.3 Å². The van der Waals surface area contributed by atoms with Gasteiger partial charge >= 0.3 is 5.97 Å². The Morgan fingerprint density at radius 2 is 2.25 bits per heavy atom. The van der Waals surface area contributed by atoms with Gasteiger partial charge in [-0.1, -0.05) is 17.7 Å². The highest BCUT2D eigenvalue weighted by Gasteiger charge is 2.52. The zero-order chi connectivity index (χ0) is 14.6. The molecule has 1 fully saturated rings. The van der Waals surface area contributed by atoms with Crippen molar-refractivity contribution in [2.45, 2.75) is 25.3 Å². The van der Waals surface area contributed by atoms with Gasteiger partial charge in [0.15, 0.2) is 5.54 Å². The number of hydrogen-bond donors (Lipinski definition) is 1. The van der Waals surface area contributed by atoms with Crippen LogP contribution < -0.4 is 5.32 Å². The number of hydrogen-bond acceptors (Lipinski definition) is 4. The van der Waals surface area contributed by atoms with Crippen LogP contribution in [0.3, 0.4) is 0 Å². The van der Waals surface area contributed by atoms with Crippen molar-refractivity contribution in [2.24, 2.45) is 5.92 Å². The summed E-state index contributed by atoms with van der Waals surface area (Å²) in [5, 5.41) is 3.92. The molecule has 5 heteroatoms. The Morgan fingerprint density at radius 1 is 1.50 bits per heavy atom. The molecule has 0 bridgehead atoms. The highest BCUT2D eigenvalue weighted by Crippen LogP contribution is 2.43. The number of benzene rings is 1. The van der Waals surface area contributed by atoms with Gasteiger partial charge in [0.25, 0.3) is 0 Å². The summed E-state index contributed by atoms with van der Waals surface area (Å²) in [7, 11) is 1.59. The van der Waals surface area contributed by atoms with Crippen LogP contribution in [-0.2, 0) is 14.3 Å². The maximum absolute atomic E-state index is 12.4. The molecule has 110 valence electrons. The lowest BCUT2D eigenvalue weighted by atomic mass is 9.93. The number of esters is 1. The van der Waals surface area contributed by atoms with Crippen LogP contribution in [0, 0.1) is 5.92 Å². The highest BCUT2D eigenvalue weighted by atomic mass is 35.5. The van der Waals surface area contributed by atoms with Crippen molar-refractivity contribution in [2.75, 3.05) is 25.6 Å². The third-order valence-corrected chi connectivity index (χ3v) is 3.71. The van der Waals surface area contributed by atoms with E-state index in [1.165, 1.54) is 0 Å². The summed E-state index contributed by atoms with van der Waals surface area (Å²) >= 11 is 6.00. The van der Waals surface area contributed by atoms with Gasteiger partial charge in [-0.2, -0.15) is 0 Å². The molecule has 1 N–H and O–H groups in total. The Labute approximate surface area is 124 Å². The minimum absolute atomic E-state index is 0.237. The van der Waals surface area contributed by atoms with E-state index in [9.17, 15) is 4.79 Å². The molecule has 0 aliphatic heterocycles. The van der Waals surface area contributed by atoms with Gasteiger partial charge in [0, 0.05) is 17.8 Å². The molecule has 4 nitrogen and oxygen atoms in total. The van der Waals surface area contributed by atoms with E-state index in [2.05, 4.69) is 5.32 Å². The predicted molar refractivity (Wildman–Crippen MR) is 79.0 cm³/mol. The summed E-state index contributed by atoms with van der Waals surface area (Å²) in [6.07, 6.45) is 1.99. The molecule has 2 rings (SSSR count). The Kier molecular flexibility index (Phi) is 4.89. The first-order chi connectivity index (χ1) is 9.62. The molecule has 20 heavy (non-hydrogen) atoms. The number of nitrogens with one attached hydrogen (secondary N) is 1. The third-order valence-electron chi connectivity index (χ3n) is 3.48. The standard InChI is InChI=1S/C15H20ClNO3/c1-3-20-14(18)15(10-19-2,11-7-8-11)17-13-6-4-5-12(16)9-13/h4-6,9,11,17H,3,7-8,10H2,1-2H3. The van der Waals surface area contributed by atoms with E-state index in [-0.39, 0.29) is 18.5 Å². The maximum atomic E-state index is 12.4. The van der Waals surface area contributed by atoms with Gasteiger partial charge in [0.1, 0.15) is 0 Å². The molecule has 1 aromatic rings. The largest absolute Gasteiger partial charge is 0.464 e. The summed E-state index contributed by atoms with van der Waals surface area (Å²) in [5.74, 6) is -0.0233. The number of carbonyl (C=O) groups is 1. The Hall–Kier alpha value is -1.26. The van der Waals surface area contributed by atoms with Crippen LogP contribution in [0.2, 0.25) is 5.02 Å². The highest BCUT2D eigenvalue weighted by molar-refractivity contribution is 6.30. The fraction of sp³-hybridized carbons (Fsp3) is 0.533. The van der Waals surface area contributed by atoms with Crippen molar-refractivity contribution < 1.29 is 14.3 Å². The smallest absolute Gasteiger partial charge is 0.334 e. The zero-order valence-corrected chi connectivity index (χ0v) is 12.6. The van der Waals surface area contributed by atoms with Crippen LogP contribution in [0.5, 0.6) is 0 Å². The van der Waals surface area contributed by atoms with E-state index >= 15 is 0 Å². The summed E-state index contributed by atoms with van der Waals surface area (Å²) < 4.78 is 10.5. The Bertz CT molecular complexity index is 476. The van der Waals surface area contributed by atoms with E-state index in [0.29, 0.717) is 11.6 Å². The Morgan fingerprint density at radius 3 is 2.80 bits per heavy atom. The molecule has 0 heterocycles. The number of carbonyl (C=O) groups excluding carboxylic acids is 1. The first-order valence-electron chi connectivity index (χ1n) is 6.82. The average molecular weight is 298 g/mol. The maximum Gasteiger partial charge on any atom is 0.334 e. The monoisotopic (exact) mass is 297 g/mol. The van der Waals surface area contributed by atoms with Gasteiger partial charge in [0.05, 0.1) is 13.2 Å². The predicted octanol–water partition coefficient (Wildman–Crippen LogP) is 3.11. The van der Waals surface area contributed by atoms with Gasteiger partial charge in [-0.3, -0.25) is 0 Å². The first kappa shape index (κ1) is 15.1. The number of anilines is 1. The van der Waals surface area contributed by atoms with Gasteiger partial charge in [-0.15, -0.1) is 0 Å². The lowest BCUT2D eigenvalue weighted by molar-refractivity contribution is -0.151. The van der Waals surface area contributed by atoms with E-state index in [0.717, 1.165) is 18.5 Å². The van der Waals surface area contributed by atoms with Crippen molar-refractivity contribution in [1.29, 1.82) is 0 Å². The molecule has 1 unspecified atom stereocenters. The fourth-order valence-electron chi connectivity index (χ4n) is 2.42. The van der Waals surface area contributed by atoms with Crippen LogP contribution in [0.4, 0.5) is 5.69 Å².